The fourth-order valence-electron chi connectivity index (χ4n) is 1.97. The lowest BCUT2D eigenvalue weighted by Gasteiger charge is -2.20. The molecule has 0 radical (unpaired) electrons. The van der Waals surface area contributed by atoms with Crippen molar-refractivity contribution in [1.29, 1.82) is 0 Å². The molecule has 3 atom stereocenters. The molecule has 0 aromatic carbocycles. The molecule has 0 heterocycles. The lowest BCUT2D eigenvalue weighted by molar-refractivity contribution is -0.151. The summed E-state index contributed by atoms with van der Waals surface area (Å²) in [6.45, 7) is 13.2. The molecule has 188 valence electrons. The van der Waals surface area contributed by atoms with Crippen LogP contribution in [0.25, 0.3) is 0 Å². The van der Waals surface area contributed by atoms with Crippen LogP contribution in [0.3, 0.4) is 0 Å². The number of alkyl carbamates (subject to hydrolysis) is 2. The molecule has 12 heteroatoms. The zero-order valence-electron chi connectivity index (χ0n) is 19.5. The molecule has 0 aliphatic carbocycles. The van der Waals surface area contributed by atoms with E-state index >= 15 is 0 Å². The van der Waals surface area contributed by atoms with Gasteiger partial charge in [-0.05, 0) is 27.7 Å². The minimum atomic E-state index is -0.808. The van der Waals surface area contributed by atoms with Crippen LogP contribution in [0.15, 0.2) is 24.8 Å². The molecule has 0 aromatic rings. The van der Waals surface area contributed by atoms with Gasteiger partial charge in [-0.1, -0.05) is 13.2 Å². The van der Waals surface area contributed by atoms with Crippen LogP contribution in [0.2, 0.25) is 0 Å². The highest BCUT2D eigenvalue weighted by atomic mass is 16.6. The number of rotatable bonds is 16. The Morgan fingerprint density at radius 1 is 0.879 bits per heavy atom. The van der Waals surface area contributed by atoms with Crippen molar-refractivity contribution in [2.24, 2.45) is 0 Å². The van der Waals surface area contributed by atoms with E-state index in [0.717, 1.165) is 6.08 Å². The van der Waals surface area contributed by atoms with Crippen molar-refractivity contribution in [2.75, 3.05) is 39.7 Å². The molecule has 0 fully saturated rings. The summed E-state index contributed by atoms with van der Waals surface area (Å²) in [6, 6.07) is 0. The predicted molar refractivity (Wildman–Crippen MR) is 116 cm³/mol. The number of amides is 2. The maximum Gasteiger partial charge on any atom is 0.408 e. The number of esters is 2. The van der Waals surface area contributed by atoms with Crippen LogP contribution >= 0.6 is 0 Å². The SMILES string of the molecule is C=CC(=O)OCC(COC(=O)C(=C)C)OCC(C)OC(=O)NCNC(=O)OCC(C)OCC. The van der Waals surface area contributed by atoms with Crippen molar-refractivity contribution in [3.8, 4) is 0 Å². The van der Waals surface area contributed by atoms with Crippen LogP contribution in [0, 0.1) is 0 Å². The molecular weight excluding hydrogens is 440 g/mol. The van der Waals surface area contributed by atoms with Gasteiger partial charge in [0.25, 0.3) is 0 Å². The fourth-order valence-corrected chi connectivity index (χ4v) is 1.97. The van der Waals surface area contributed by atoms with Crippen LogP contribution < -0.4 is 10.6 Å². The number of hydrogen-bond donors (Lipinski definition) is 2. The molecule has 0 saturated carbocycles. The molecule has 0 spiro atoms. The monoisotopic (exact) mass is 474 g/mol. The molecule has 33 heavy (non-hydrogen) atoms. The van der Waals surface area contributed by atoms with E-state index in [1.165, 1.54) is 6.92 Å². The Hall–Kier alpha value is -3.12. The first-order chi connectivity index (χ1) is 15.6. The van der Waals surface area contributed by atoms with E-state index in [9.17, 15) is 19.2 Å². The standard InChI is InChI=1S/C21H34N2O10/c1-7-18(24)30-11-17(12-31-19(25)14(3)4)29-10-16(6)33-21(27)23-13-22-20(26)32-9-15(5)28-8-2/h7,15-17H,1,3,8-13H2,2,4-6H3,(H,22,26)(H,23,27). The summed E-state index contributed by atoms with van der Waals surface area (Å²) in [6.07, 6.45) is -2.30. The molecule has 2 N–H and O–H groups in total. The fraction of sp³-hybridized carbons (Fsp3) is 0.619. The second-order valence-electron chi connectivity index (χ2n) is 6.78. The second kappa shape index (κ2) is 17.4. The van der Waals surface area contributed by atoms with Crippen LogP contribution in [0.1, 0.15) is 27.7 Å². The summed E-state index contributed by atoms with van der Waals surface area (Å²) >= 11 is 0. The summed E-state index contributed by atoms with van der Waals surface area (Å²) in [5.41, 5.74) is 0.200. The largest absolute Gasteiger partial charge is 0.460 e. The number of ether oxygens (including phenoxy) is 6. The van der Waals surface area contributed by atoms with E-state index in [-0.39, 0.29) is 44.8 Å². The molecule has 0 aliphatic heterocycles. The summed E-state index contributed by atoms with van der Waals surface area (Å²) in [4.78, 5) is 46.2. The normalized spacial score (nSPS) is 13.0. The average molecular weight is 475 g/mol. The van der Waals surface area contributed by atoms with Gasteiger partial charge in [-0.25, -0.2) is 19.2 Å². The van der Waals surface area contributed by atoms with Crippen molar-refractivity contribution in [3.05, 3.63) is 24.8 Å². The van der Waals surface area contributed by atoms with Gasteiger partial charge >= 0.3 is 24.1 Å². The van der Waals surface area contributed by atoms with Crippen molar-refractivity contribution >= 4 is 24.1 Å². The number of carbonyl (C=O) groups is 4. The van der Waals surface area contributed by atoms with Crippen molar-refractivity contribution in [2.45, 2.75) is 46.0 Å². The van der Waals surface area contributed by atoms with E-state index in [1.807, 2.05) is 6.92 Å². The smallest absolute Gasteiger partial charge is 0.408 e. The van der Waals surface area contributed by atoms with Crippen LogP contribution in [0.5, 0.6) is 0 Å². The Morgan fingerprint density at radius 2 is 1.52 bits per heavy atom. The van der Waals surface area contributed by atoms with Gasteiger partial charge < -0.3 is 39.1 Å². The molecule has 3 unspecified atom stereocenters. The zero-order chi connectivity index (χ0) is 25.2. The number of hydrogen-bond acceptors (Lipinski definition) is 10. The van der Waals surface area contributed by atoms with Gasteiger partial charge in [-0.3, -0.25) is 0 Å². The topological polar surface area (TPSA) is 148 Å². The highest BCUT2D eigenvalue weighted by molar-refractivity contribution is 5.86. The number of carbonyl (C=O) groups excluding carboxylic acids is 4. The van der Waals surface area contributed by atoms with Crippen LogP contribution in [0.4, 0.5) is 9.59 Å². The Morgan fingerprint density at radius 3 is 2.12 bits per heavy atom. The highest BCUT2D eigenvalue weighted by Gasteiger charge is 2.18. The molecule has 0 aliphatic rings. The van der Waals surface area contributed by atoms with E-state index in [2.05, 4.69) is 23.8 Å². The third-order valence-electron chi connectivity index (χ3n) is 3.57. The lowest BCUT2D eigenvalue weighted by atomic mass is 10.3. The first-order valence-electron chi connectivity index (χ1n) is 10.3. The lowest BCUT2D eigenvalue weighted by Crippen LogP contribution is -2.40. The molecule has 12 nitrogen and oxygen atoms in total. The van der Waals surface area contributed by atoms with E-state index < -0.39 is 36.3 Å². The van der Waals surface area contributed by atoms with Gasteiger partial charge in [0.1, 0.15) is 32.0 Å². The molecule has 0 bridgehead atoms. The first-order valence-corrected chi connectivity index (χ1v) is 10.3. The summed E-state index contributed by atoms with van der Waals surface area (Å²) in [5.74, 6) is -1.29. The van der Waals surface area contributed by atoms with Crippen LogP contribution in [-0.2, 0) is 38.0 Å². The van der Waals surface area contributed by atoms with E-state index in [0.29, 0.717) is 6.61 Å². The molecule has 0 rings (SSSR count). The molecular formula is C21H34N2O10. The third-order valence-corrected chi connectivity index (χ3v) is 3.57. The minimum absolute atomic E-state index is 0.0729. The quantitative estimate of drug-likeness (QED) is 0.146. The predicted octanol–water partition coefficient (Wildman–Crippen LogP) is 1.44. The van der Waals surface area contributed by atoms with Crippen LogP contribution in [-0.4, -0.2) is 82.1 Å². The van der Waals surface area contributed by atoms with E-state index in [1.54, 1.807) is 13.8 Å². The van der Waals surface area contributed by atoms with Crippen molar-refractivity contribution in [1.82, 2.24) is 10.6 Å². The van der Waals surface area contributed by atoms with Crippen molar-refractivity contribution < 1.29 is 47.6 Å². The maximum atomic E-state index is 11.8. The Labute approximate surface area is 193 Å². The van der Waals surface area contributed by atoms with Gasteiger partial charge in [0.15, 0.2) is 0 Å². The first kappa shape index (κ1) is 29.9. The minimum Gasteiger partial charge on any atom is -0.460 e. The highest BCUT2D eigenvalue weighted by Crippen LogP contribution is 2.03. The molecule has 0 saturated heterocycles. The number of nitrogens with one attached hydrogen (secondary N) is 2. The van der Waals surface area contributed by atoms with Gasteiger partial charge in [0.05, 0.1) is 19.4 Å². The average Bonchev–Trinajstić information content (AvgIpc) is 2.76. The Kier molecular flexibility index (Phi) is 15.8. The third kappa shape index (κ3) is 16.2. The summed E-state index contributed by atoms with van der Waals surface area (Å²) < 4.78 is 30.7. The van der Waals surface area contributed by atoms with Gasteiger partial charge in [0, 0.05) is 18.3 Å². The zero-order valence-corrected chi connectivity index (χ0v) is 19.5. The Bertz CT molecular complexity index is 667. The molecule has 0 aromatic heterocycles. The van der Waals surface area contributed by atoms with Crippen molar-refractivity contribution in [3.63, 3.8) is 0 Å². The van der Waals surface area contributed by atoms with Gasteiger partial charge in [-0.2, -0.15) is 0 Å². The molecule has 2 amide bonds. The Balaban J connectivity index is 4.30. The summed E-state index contributed by atoms with van der Waals surface area (Å²) in [5, 5.41) is 4.66. The van der Waals surface area contributed by atoms with E-state index in [4.69, 9.17) is 28.4 Å². The summed E-state index contributed by atoms with van der Waals surface area (Å²) in [7, 11) is 0. The van der Waals surface area contributed by atoms with Gasteiger partial charge in [0.2, 0.25) is 0 Å². The van der Waals surface area contributed by atoms with Gasteiger partial charge in [-0.15, -0.1) is 0 Å². The maximum absolute atomic E-state index is 11.8. The second-order valence-corrected chi connectivity index (χ2v) is 6.78.